The van der Waals surface area contributed by atoms with Gasteiger partial charge in [-0.25, -0.2) is 14.2 Å². The van der Waals surface area contributed by atoms with Gasteiger partial charge in [-0.3, -0.25) is 0 Å². The number of esters is 1. The van der Waals surface area contributed by atoms with E-state index in [1.165, 1.54) is 18.2 Å². The number of benzene rings is 1. The van der Waals surface area contributed by atoms with E-state index in [0.29, 0.717) is 20.4 Å². The third-order valence-corrected chi connectivity index (χ3v) is 3.21. The third-order valence-electron chi connectivity index (χ3n) is 2.28. The van der Waals surface area contributed by atoms with Gasteiger partial charge in [0.25, 0.3) is 0 Å². The molecule has 2 aromatic rings. The molecule has 0 N–H and O–H groups in total. The largest absolute Gasteiger partial charge is 0.461 e. The third kappa shape index (κ3) is 2.47. The summed E-state index contributed by atoms with van der Waals surface area (Å²) in [5, 5.41) is 0.891. The SMILES string of the molecule is CCOC(=O)c1cc(Cl)c2cc(Br)c(F)cc2n1. The van der Waals surface area contributed by atoms with Crippen molar-refractivity contribution in [2.24, 2.45) is 0 Å². The molecule has 6 heteroatoms. The maximum atomic E-state index is 13.4. The van der Waals surface area contributed by atoms with Crippen molar-refractivity contribution in [3.05, 3.63) is 39.2 Å². The standard InChI is InChI=1S/C12H8BrClFNO2/c1-2-18-12(17)11-4-8(14)6-3-7(13)9(15)5-10(6)16-11/h3-5H,2H2,1H3. The molecule has 0 aliphatic rings. The molecule has 3 nitrogen and oxygen atoms in total. The first-order chi connectivity index (χ1) is 8.52. The molecular weight excluding hydrogens is 324 g/mol. The van der Waals surface area contributed by atoms with E-state index in [2.05, 4.69) is 20.9 Å². The Bertz CT molecular complexity index is 633. The van der Waals surface area contributed by atoms with Gasteiger partial charge in [0.15, 0.2) is 5.69 Å². The topological polar surface area (TPSA) is 39.2 Å². The zero-order valence-electron chi connectivity index (χ0n) is 9.34. The summed E-state index contributed by atoms with van der Waals surface area (Å²) < 4.78 is 18.5. The van der Waals surface area contributed by atoms with E-state index in [1.807, 2.05) is 0 Å². The van der Waals surface area contributed by atoms with Gasteiger partial charge in [-0.15, -0.1) is 0 Å². The molecular formula is C12H8BrClFNO2. The summed E-state index contributed by atoms with van der Waals surface area (Å²) in [6, 6.07) is 4.15. The predicted octanol–water partition coefficient (Wildman–Crippen LogP) is 3.97. The lowest BCUT2D eigenvalue weighted by Gasteiger charge is -2.06. The molecule has 0 fully saturated rings. The lowest BCUT2D eigenvalue weighted by Crippen LogP contribution is -2.07. The second kappa shape index (κ2) is 5.20. The molecule has 0 bridgehead atoms. The zero-order valence-corrected chi connectivity index (χ0v) is 11.7. The summed E-state index contributed by atoms with van der Waals surface area (Å²) in [5.41, 5.74) is 0.377. The summed E-state index contributed by atoms with van der Waals surface area (Å²) in [5.74, 6) is -1.04. The van der Waals surface area contributed by atoms with Crippen LogP contribution in [0.4, 0.5) is 4.39 Å². The normalized spacial score (nSPS) is 10.7. The number of halogens is 3. The first-order valence-electron chi connectivity index (χ1n) is 5.15. The van der Waals surface area contributed by atoms with Crippen molar-refractivity contribution in [1.82, 2.24) is 4.98 Å². The van der Waals surface area contributed by atoms with Gasteiger partial charge < -0.3 is 4.74 Å². The highest BCUT2D eigenvalue weighted by Gasteiger charge is 2.13. The van der Waals surface area contributed by atoms with Crippen LogP contribution in [0.15, 0.2) is 22.7 Å². The van der Waals surface area contributed by atoms with Crippen LogP contribution < -0.4 is 0 Å². The quantitative estimate of drug-likeness (QED) is 0.781. The molecule has 0 aliphatic carbocycles. The summed E-state index contributed by atoms with van der Waals surface area (Å²) in [7, 11) is 0. The van der Waals surface area contributed by atoms with E-state index >= 15 is 0 Å². The monoisotopic (exact) mass is 331 g/mol. The molecule has 94 valence electrons. The number of ether oxygens (including phenoxy) is 1. The minimum atomic E-state index is -0.579. The minimum absolute atomic E-state index is 0.0658. The molecule has 0 atom stereocenters. The van der Waals surface area contributed by atoms with Crippen molar-refractivity contribution in [3.63, 3.8) is 0 Å². The highest BCUT2D eigenvalue weighted by atomic mass is 79.9. The van der Waals surface area contributed by atoms with Gasteiger partial charge in [0.05, 0.1) is 21.6 Å². The molecule has 1 heterocycles. The zero-order chi connectivity index (χ0) is 13.3. The van der Waals surface area contributed by atoms with Crippen LogP contribution in [0.1, 0.15) is 17.4 Å². The van der Waals surface area contributed by atoms with Crippen LogP contribution in [0.2, 0.25) is 5.02 Å². The highest BCUT2D eigenvalue weighted by Crippen LogP contribution is 2.28. The Balaban J connectivity index is 2.61. The van der Waals surface area contributed by atoms with Crippen molar-refractivity contribution >= 4 is 44.4 Å². The van der Waals surface area contributed by atoms with Gasteiger partial charge in [0.1, 0.15) is 5.82 Å². The minimum Gasteiger partial charge on any atom is -0.461 e. The molecule has 0 saturated heterocycles. The smallest absolute Gasteiger partial charge is 0.356 e. The lowest BCUT2D eigenvalue weighted by molar-refractivity contribution is 0.0520. The second-order valence-electron chi connectivity index (χ2n) is 3.49. The van der Waals surface area contributed by atoms with Gasteiger partial charge in [-0.1, -0.05) is 11.6 Å². The number of carbonyl (C=O) groups excluding carboxylic acids is 1. The highest BCUT2D eigenvalue weighted by molar-refractivity contribution is 9.10. The summed E-state index contributed by atoms with van der Waals surface area (Å²) in [4.78, 5) is 15.6. The Morgan fingerprint density at radius 2 is 2.22 bits per heavy atom. The Hall–Kier alpha value is -1.20. The maximum Gasteiger partial charge on any atom is 0.356 e. The number of nitrogens with zero attached hydrogens (tertiary/aromatic N) is 1. The van der Waals surface area contributed by atoms with Crippen molar-refractivity contribution in [2.45, 2.75) is 6.92 Å². The molecule has 1 aromatic carbocycles. The molecule has 0 radical (unpaired) electrons. The van der Waals surface area contributed by atoms with E-state index in [0.717, 1.165) is 0 Å². The molecule has 0 spiro atoms. The van der Waals surface area contributed by atoms with Crippen LogP contribution >= 0.6 is 27.5 Å². The van der Waals surface area contributed by atoms with Gasteiger partial charge in [0, 0.05) is 11.5 Å². The molecule has 0 unspecified atom stereocenters. The second-order valence-corrected chi connectivity index (χ2v) is 4.75. The maximum absolute atomic E-state index is 13.4. The first-order valence-corrected chi connectivity index (χ1v) is 6.32. The van der Waals surface area contributed by atoms with Crippen molar-refractivity contribution in [1.29, 1.82) is 0 Å². The van der Waals surface area contributed by atoms with Crippen LogP contribution in [-0.2, 0) is 4.74 Å². The van der Waals surface area contributed by atoms with Gasteiger partial charge in [-0.2, -0.15) is 0 Å². The van der Waals surface area contributed by atoms with Crippen LogP contribution in [0, 0.1) is 5.82 Å². The number of hydrogen-bond donors (Lipinski definition) is 0. The van der Waals surface area contributed by atoms with Gasteiger partial charge in [-0.05, 0) is 35.0 Å². The van der Waals surface area contributed by atoms with Gasteiger partial charge >= 0.3 is 5.97 Å². The molecule has 1 aromatic heterocycles. The van der Waals surface area contributed by atoms with Crippen molar-refractivity contribution < 1.29 is 13.9 Å². The number of pyridine rings is 1. The Morgan fingerprint density at radius 3 is 2.89 bits per heavy atom. The number of carbonyl (C=O) groups is 1. The number of fused-ring (bicyclic) bond motifs is 1. The summed E-state index contributed by atoms with van der Waals surface area (Å²) in [6.45, 7) is 1.93. The van der Waals surface area contributed by atoms with Crippen LogP contribution in [-0.4, -0.2) is 17.6 Å². The fraction of sp³-hybridized carbons (Fsp3) is 0.167. The molecule has 18 heavy (non-hydrogen) atoms. The molecule has 0 saturated carbocycles. The molecule has 0 amide bonds. The fourth-order valence-electron chi connectivity index (χ4n) is 1.49. The van der Waals surface area contributed by atoms with E-state index < -0.39 is 11.8 Å². The Morgan fingerprint density at radius 1 is 1.50 bits per heavy atom. The molecule has 0 aliphatic heterocycles. The average Bonchev–Trinajstić information content (AvgIpc) is 2.32. The van der Waals surface area contributed by atoms with E-state index in [9.17, 15) is 9.18 Å². The summed E-state index contributed by atoms with van der Waals surface area (Å²) in [6.07, 6.45) is 0. The Kier molecular flexibility index (Phi) is 3.82. The average molecular weight is 333 g/mol. The van der Waals surface area contributed by atoms with Crippen LogP contribution in [0.25, 0.3) is 10.9 Å². The van der Waals surface area contributed by atoms with E-state index in [1.54, 1.807) is 6.92 Å². The summed E-state index contributed by atoms with van der Waals surface area (Å²) >= 11 is 9.11. The lowest BCUT2D eigenvalue weighted by atomic mass is 10.2. The Labute approximate surface area is 116 Å². The van der Waals surface area contributed by atoms with E-state index in [4.69, 9.17) is 16.3 Å². The van der Waals surface area contributed by atoms with Crippen LogP contribution in [0.5, 0.6) is 0 Å². The van der Waals surface area contributed by atoms with Crippen molar-refractivity contribution in [2.75, 3.05) is 6.61 Å². The number of rotatable bonds is 2. The van der Waals surface area contributed by atoms with Crippen LogP contribution in [0.3, 0.4) is 0 Å². The number of hydrogen-bond acceptors (Lipinski definition) is 3. The predicted molar refractivity (Wildman–Crippen MR) is 70.4 cm³/mol. The van der Waals surface area contributed by atoms with E-state index in [-0.39, 0.29) is 12.3 Å². The molecule has 2 rings (SSSR count). The first kappa shape index (κ1) is 13.2. The van der Waals surface area contributed by atoms with Gasteiger partial charge in [0.2, 0.25) is 0 Å². The fourth-order valence-corrected chi connectivity index (χ4v) is 2.09. The van der Waals surface area contributed by atoms with Crippen molar-refractivity contribution in [3.8, 4) is 0 Å². The number of aromatic nitrogens is 1.